The molecule has 1 unspecified atom stereocenters. The lowest BCUT2D eigenvalue weighted by Crippen LogP contribution is -2.29. The predicted molar refractivity (Wildman–Crippen MR) is 79.2 cm³/mol. The minimum absolute atomic E-state index is 0.00926. The number of amides is 1. The zero-order valence-corrected chi connectivity index (χ0v) is 12.4. The Balaban J connectivity index is 1.60. The van der Waals surface area contributed by atoms with Crippen LogP contribution in [0.4, 0.5) is 5.69 Å². The Morgan fingerprint density at radius 3 is 2.84 bits per heavy atom. The van der Waals surface area contributed by atoms with Crippen LogP contribution in [0, 0.1) is 5.92 Å². The Bertz CT molecular complexity index is 402. The molecule has 0 aliphatic carbocycles. The van der Waals surface area contributed by atoms with Gasteiger partial charge in [-0.15, -0.1) is 0 Å². The maximum absolute atomic E-state index is 11.7. The van der Waals surface area contributed by atoms with E-state index in [1.807, 2.05) is 24.3 Å². The van der Waals surface area contributed by atoms with Gasteiger partial charge in [-0.05, 0) is 49.6 Å². The lowest BCUT2D eigenvalue weighted by molar-refractivity contribution is -0.115. The molecule has 1 amide bonds. The molecule has 1 aliphatic rings. The van der Waals surface area contributed by atoms with Crippen molar-refractivity contribution in [2.24, 2.45) is 5.92 Å². The molecular formula is C14H19BrN2O2. The first-order valence-electron chi connectivity index (χ1n) is 6.58. The zero-order valence-electron chi connectivity index (χ0n) is 10.8. The van der Waals surface area contributed by atoms with E-state index in [1.54, 1.807) is 0 Å². The van der Waals surface area contributed by atoms with Crippen molar-refractivity contribution in [2.75, 3.05) is 31.6 Å². The van der Waals surface area contributed by atoms with E-state index < -0.39 is 0 Å². The summed E-state index contributed by atoms with van der Waals surface area (Å²) < 4.78 is 6.32. The second-order valence-electron chi connectivity index (χ2n) is 4.75. The van der Waals surface area contributed by atoms with Gasteiger partial charge in [0.1, 0.15) is 0 Å². The van der Waals surface area contributed by atoms with Gasteiger partial charge in [0.05, 0.1) is 6.54 Å². The largest absolute Gasteiger partial charge is 0.381 e. The molecule has 1 aliphatic heterocycles. The van der Waals surface area contributed by atoms with Gasteiger partial charge >= 0.3 is 0 Å². The zero-order chi connectivity index (χ0) is 13.5. The Labute approximate surface area is 122 Å². The monoisotopic (exact) mass is 326 g/mol. The van der Waals surface area contributed by atoms with Gasteiger partial charge in [-0.2, -0.15) is 0 Å². The Morgan fingerprint density at radius 2 is 2.16 bits per heavy atom. The molecule has 0 bridgehead atoms. The predicted octanol–water partition coefficient (Wildman–Crippen LogP) is 2.40. The van der Waals surface area contributed by atoms with Crippen LogP contribution in [0.25, 0.3) is 0 Å². The van der Waals surface area contributed by atoms with Crippen molar-refractivity contribution >= 4 is 27.5 Å². The van der Waals surface area contributed by atoms with Crippen molar-refractivity contribution in [3.63, 3.8) is 0 Å². The summed E-state index contributed by atoms with van der Waals surface area (Å²) in [6.45, 7) is 2.97. The van der Waals surface area contributed by atoms with Crippen LogP contribution in [0.15, 0.2) is 28.7 Å². The highest BCUT2D eigenvalue weighted by atomic mass is 79.9. The van der Waals surface area contributed by atoms with E-state index in [4.69, 9.17) is 4.74 Å². The number of hydrogen-bond donors (Lipinski definition) is 2. The Kier molecular flexibility index (Phi) is 5.82. The highest BCUT2D eigenvalue weighted by Gasteiger charge is 2.14. The first-order chi connectivity index (χ1) is 9.24. The topological polar surface area (TPSA) is 50.4 Å². The van der Waals surface area contributed by atoms with Crippen LogP contribution in [0.3, 0.4) is 0 Å². The van der Waals surface area contributed by atoms with Gasteiger partial charge in [-0.3, -0.25) is 4.79 Å². The summed E-state index contributed by atoms with van der Waals surface area (Å²) >= 11 is 3.36. The van der Waals surface area contributed by atoms with E-state index in [2.05, 4.69) is 26.6 Å². The molecule has 0 spiro atoms. The fraction of sp³-hybridized carbons (Fsp3) is 0.500. The van der Waals surface area contributed by atoms with Crippen molar-refractivity contribution in [1.29, 1.82) is 0 Å². The van der Waals surface area contributed by atoms with Crippen LogP contribution in [-0.2, 0) is 9.53 Å². The number of anilines is 1. The van der Waals surface area contributed by atoms with Crippen molar-refractivity contribution in [2.45, 2.75) is 12.8 Å². The molecule has 1 atom stereocenters. The molecule has 1 saturated heterocycles. The van der Waals surface area contributed by atoms with Crippen LogP contribution in [-0.4, -0.2) is 32.2 Å². The number of carbonyl (C=O) groups excluding carboxylic acids is 1. The molecule has 1 heterocycles. The number of benzene rings is 1. The van der Waals surface area contributed by atoms with Crippen LogP contribution in [0.2, 0.25) is 0 Å². The van der Waals surface area contributed by atoms with Crippen LogP contribution < -0.4 is 10.6 Å². The normalized spacial score (nSPS) is 18.5. The summed E-state index contributed by atoms with van der Waals surface area (Å²) in [5.74, 6) is 0.645. The second-order valence-corrected chi connectivity index (χ2v) is 5.67. The third-order valence-corrected chi connectivity index (χ3v) is 3.70. The summed E-state index contributed by atoms with van der Waals surface area (Å²) in [5.41, 5.74) is 0.819. The number of ether oxygens (including phenoxy) is 1. The summed E-state index contributed by atoms with van der Waals surface area (Å²) in [6.07, 6.45) is 2.22. The number of hydrogen-bond acceptors (Lipinski definition) is 3. The van der Waals surface area contributed by atoms with Gasteiger partial charge < -0.3 is 15.4 Å². The Hall–Kier alpha value is -0.910. The summed E-state index contributed by atoms with van der Waals surface area (Å²) in [7, 11) is 0. The fourth-order valence-corrected chi connectivity index (χ4v) is 2.32. The standard InChI is InChI=1S/C14H19BrN2O2/c15-12-1-3-13(4-2-12)17-14(18)9-16-7-5-11-6-8-19-10-11/h1-4,11,16H,5-10H2,(H,17,18). The minimum Gasteiger partial charge on any atom is -0.381 e. The van der Waals surface area contributed by atoms with Gasteiger partial charge in [-0.25, -0.2) is 0 Å². The summed E-state index contributed by atoms with van der Waals surface area (Å²) in [5, 5.41) is 6.02. The van der Waals surface area contributed by atoms with Gasteiger partial charge in [0, 0.05) is 23.4 Å². The summed E-state index contributed by atoms with van der Waals surface area (Å²) in [4.78, 5) is 11.7. The lowest BCUT2D eigenvalue weighted by atomic mass is 10.1. The molecule has 1 fully saturated rings. The van der Waals surface area contributed by atoms with Crippen molar-refractivity contribution < 1.29 is 9.53 Å². The number of nitrogens with one attached hydrogen (secondary N) is 2. The molecule has 104 valence electrons. The van der Waals surface area contributed by atoms with Crippen molar-refractivity contribution in [3.8, 4) is 0 Å². The van der Waals surface area contributed by atoms with Crippen molar-refractivity contribution in [3.05, 3.63) is 28.7 Å². The second kappa shape index (κ2) is 7.62. The third kappa shape index (κ3) is 5.30. The molecule has 0 radical (unpaired) electrons. The molecule has 2 rings (SSSR count). The van der Waals surface area contributed by atoms with E-state index in [9.17, 15) is 4.79 Å². The fourth-order valence-electron chi connectivity index (χ4n) is 2.06. The highest BCUT2D eigenvalue weighted by molar-refractivity contribution is 9.10. The van der Waals surface area contributed by atoms with E-state index in [0.29, 0.717) is 12.5 Å². The molecule has 1 aromatic carbocycles. The van der Waals surface area contributed by atoms with Gasteiger partial charge in [0.25, 0.3) is 0 Å². The summed E-state index contributed by atoms with van der Waals surface area (Å²) in [6, 6.07) is 7.56. The van der Waals surface area contributed by atoms with E-state index in [-0.39, 0.29) is 5.91 Å². The smallest absolute Gasteiger partial charge is 0.238 e. The average Bonchev–Trinajstić information content (AvgIpc) is 2.91. The van der Waals surface area contributed by atoms with Crippen LogP contribution >= 0.6 is 15.9 Å². The first kappa shape index (κ1) is 14.5. The van der Waals surface area contributed by atoms with Gasteiger partial charge in [-0.1, -0.05) is 15.9 Å². The molecule has 5 heteroatoms. The molecular weight excluding hydrogens is 308 g/mol. The van der Waals surface area contributed by atoms with E-state index in [0.717, 1.165) is 42.8 Å². The average molecular weight is 327 g/mol. The maximum atomic E-state index is 11.7. The van der Waals surface area contributed by atoms with E-state index >= 15 is 0 Å². The molecule has 2 N–H and O–H groups in total. The van der Waals surface area contributed by atoms with Gasteiger partial charge in [0.2, 0.25) is 5.91 Å². The minimum atomic E-state index is -0.00926. The molecule has 1 aromatic rings. The van der Waals surface area contributed by atoms with Crippen LogP contribution in [0.5, 0.6) is 0 Å². The maximum Gasteiger partial charge on any atom is 0.238 e. The Morgan fingerprint density at radius 1 is 1.37 bits per heavy atom. The lowest BCUT2D eigenvalue weighted by Gasteiger charge is -2.09. The van der Waals surface area contributed by atoms with E-state index in [1.165, 1.54) is 0 Å². The molecule has 0 saturated carbocycles. The SMILES string of the molecule is O=C(CNCCC1CCOC1)Nc1ccc(Br)cc1. The molecule has 4 nitrogen and oxygen atoms in total. The molecule has 19 heavy (non-hydrogen) atoms. The third-order valence-electron chi connectivity index (χ3n) is 3.17. The van der Waals surface area contributed by atoms with Crippen LogP contribution in [0.1, 0.15) is 12.8 Å². The number of carbonyl (C=O) groups is 1. The first-order valence-corrected chi connectivity index (χ1v) is 7.37. The number of rotatable bonds is 6. The van der Waals surface area contributed by atoms with Gasteiger partial charge in [0.15, 0.2) is 0 Å². The van der Waals surface area contributed by atoms with Crippen molar-refractivity contribution in [1.82, 2.24) is 5.32 Å². The quantitative estimate of drug-likeness (QED) is 0.789. The number of halogens is 1. The highest BCUT2D eigenvalue weighted by Crippen LogP contribution is 2.15. The molecule has 0 aromatic heterocycles.